The zero-order valence-electron chi connectivity index (χ0n) is 7.01. The van der Waals surface area contributed by atoms with Crippen LogP contribution in [-0.4, -0.2) is 4.98 Å². The third kappa shape index (κ3) is 1.26. The molecular weight excluding hydrogens is 172 g/mol. The van der Waals surface area contributed by atoms with E-state index in [2.05, 4.69) is 4.98 Å². The second kappa shape index (κ2) is 2.76. The summed E-state index contributed by atoms with van der Waals surface area (Å²) < 4.78 is 26.0. The molecule has 0 bridgehead atoms. The van der Waals surface area contributed by atoms with E-state index < -0.39 is 11.6 Å². The van der Waals surface area contributed by atoms with E-state index in [0.29, 0.717) is 16.5 Å². The number of fused-ring (bicyclic) bond motifs is 1. The van der Waals surface area contributed by atoms with Gasteiger partial charge in [-0.3, -0.25) is 4.98 Å². The fourth-order valence-corrected chi connectivity index (χ4v) is 1.35. The van der Waals surface area contributed by atoms with Crippen LogP contribution in [0.3, 0.4) is 0 Å². The van der Waals surface area contributed by atoms with Crippen molar-refractivity contribution >= 4 is 10.8 Å². The fourth-order valence-electron chi connectivity index (χ4n) is 1.35. The van der Waals surface area contributed by atoms with Crippen molar-refractivity contribution in [2.45, 2.75) is 6.92 Å². The number of benzene rings is 1. The Bertz CT molecular complexity index is 466. The summed E-state index contributed by atoms with van der Waals surface area (Å²) in [6.45, 7) is 1.72. The summed E-state index contributed by atoms with van der Waals surface area (Å²) in [6, 6.07) is 3.71. The number of hydrogen-bond donors (Lipinski definition) is 0. The maximum absolute atomic E-state index is 13.2. The van der Waals surface area contributed by atoms with Crippen molar-refractivity contribution in [1.29, 1.82) is 0 Å². The summed E-state index contributed by atoms with van der Waals surface area (Å²) >= 11 is 0. The SMILES string of the molecule is Cc1nccc2c(F)cc(F)cc12. The predicted molar refractivity (Wildman–Crippen MR) is 46.4 cm³/mol. The number of halogens is 2. The van der Waals surface area contributed by atoms with Crippen molar-refractivity contribution in [2.75, 3.05) is 0 Å². The topological polar surface area (TPSA) is 12.9 Å². The lowest BCUT2D eigenvalue weighted by molar-refractivity contribution is 0.592. The molecule has 0 saturated heterocycles. The van der Waals surface area contributed by atoms with Gasteiger partial charge in [-0.05, 0) is 19.1 Å². The first-order valence-corrected chi connectivity index (χ1v) is 3.89. The van der Waals surface area contributed by atoms with Gasteiger partial charge in [-0.15, -0.1) is 0 Å². The Morgan fingerprint density at radius 3 is 2.69 bits per heavy atom. The highest BCUT2D eigenvalue weighted by Crippen LogP contribution is 2.20. The molecule has 13 heavy (non-hydrogen) atoms. The first-order chi connectivity index (χ1) is 6.18. The number of pyridine rings is 1. The monoisotopic (exact) mass is 179 g/mol. The molecule has 0 unspecified atom stereocenters. The molecule has 66 valence electrons. The van der Waals surface area contributed by atoms with Gasteiger partial charge in [0.2, 0.25) is 0 Å². The molecule has 1 heterocycles. The van der Waals surface area contributed by atoms with E-state index in [-0.39, 0.29) is 0 Å². The molecule has 1 aromatic carbocycles. The number of rotatable bonds is 0. The minimum Gasteiger partial charge on any atom is -0.261 e. The second-order valence-electron chi connectivity index (χ2n) is 2.88. The minimum atomic E-state index is -0.568. The summed E-state index contributed by atoms with van der Waals surface area (Å²) in [6.07, 6.45) is 1.51. The van der Waals surface area contributed by atoms with Gasteiger partial charge in [0.1, 0.15) is 11.6 Å². The van der Waals surface area contributed by atoms with Crippen molar-refractivity contribution in [2.24, 2.45) is 0 Å². The molecule has 0 amide bonds. The van der Waals surface area contributed by atoms with Crippen LogP contribution < -0.4 is 0 Å². The first-order valence-electron chi connectivity index (χ1n) is 3.89. The van der Waals surface area contributed by atoms with Gasteiger partial charge in [-0.2, -0.15) is 0 Å². The highest BCUT2D eigenvalue weighted by atomic mass is 19.1. The molecule has 0 aliphatic heterocycles. The lowest BCUT2D eigenvalue weighted by Gasteiger charge is -2.01. The van der Waals surface area contributed by atoms with Gasteiger partial charge >= 0.3 is 0 Å². The first kappa shape index (κ1) is 8.10. The molecule has 0 atom stereocenters. The molecule has 3 heteroatoms. The number of aromatic nitrogens is 1. The van der Waals surface area contributed by atoms with E-state index in [1.54, 1.807) is 6.92 Å². The van der Waals surface area contributed by atoms with Crippen molar-refractivity contribution in [3.8, 4) is 0 Å². The molecule has 1 aromatic heterocycles. The van der Waals surface area contributed by atoms with Crippen molar-refractivity contribution in [3.63, 3.8) is 0 Å². The van der Waals surface area contributed by atoms with Crippen LogP contribution in [0.25, 0.3) is 10.8 Å². The third-order valence-electron chi connectivity index (χ3n) is 1.99. The molecule has 0 fully saturated rings. The van der Waals surface area contributed by atoms with Crippen molar-refractivity contribution < 1.29 is 8.78 Å². The van der Waals surface area contributed by atoms with E-state index in [1.807, 2.05) is 0 Å². The lowest BCUT2D eigenvalue weighted by atomic mass is 10.1. The standard InChI is InChI=1S/C10H7F2N/c1-6-9-4-7(11)5-10(12)8(9)2-3-13-6/h2-5H,1H3. The van der Waals surface area contributed by atoms with Gasteiger partial charge in [0.25, 0.3) is 0 Å². The Labute approximate surface area is 74.0 Å². The number of hydrogen-bond acceptors (Lipinski definition) is 1. The highest BCUT2D eigenvalue weighted by molar-refractivity contribution is 5.84. The summed E-state index contributed by atoms with van der Waals surface area (Å²) in [7, 11) is 0. The zero-order chi connectivity index (χ0) is 9.42. The Morgan fingerprint density at radius 2 is 1.92 bits per heavy atom. The molecule has 0 saturated carbocycles. The normalized spacial score (nSPS) is 10.7. The largest absolute Gasteiger partial charge is 0.261 e. The van der Waals surface area contributed by atoms with E-state index >= 15 is 0 Å². The van der Waals surface area contributed by atoms with E-state index in [4.69, 9.17) is 0 Å². The molecule has 0 radical (unpaired) electrons. The highest BCUT2D eigenvalue weighted by Gasteiger charge is 2.05. The van der Waals surface area contributed by atoms with E-state index in [1.165, 1.54) is 18.3 Å². The summed E-state index contributed by atoms with van der Waals surface area (Å²) in [5.41, 5.74) is 0.635. The van der Waals surface area contributed by atoms with Gasteiger partial charge in [-0.1, -0.05) is 0 Å². The average Bonchev–Trinajstić information content (AvgIpc) is 2.07. The smallest absolute Gasteiger partial charge is 0.134 e. The van der Waals surface area contributed by atoms with Crippen LogP contribution in [-0.2, 0) is 0 Å². The van der Waals surface area contributed by atoms with E-state index in [0.717, 1.165) is 6.07 Å². The molecule has 2 rings (SSSR count). The molecule has 2 aromatic rings. The molecule has 0 aliphatic carbocycles. The fraction of sp³-hybridized carbons (Fsp3) is 0.100. The van der Waals surface area contributed by atoms with Crippen LogP contribution in [0, 0.1) is 18.6 Å². The van der Waals surface area contributed by atoms with E-state index in [9.17, 15) is 8.78 Å². The van der Waals surface area contributed by atoms with Crippen LogP contribution in [0.2, 0.25) is 0 Å². The van der Waals surface area contributed by atoms with Gasteiger partial charge in [0.05, 0.1) is 0 Å². The van der Waals surface area contributed by atoms with Crippen LogP contribution in [0.5, 0.6) is 0 Å². The summed E-state index contributed by atoms with van der Waals surface area (Å²) in [5.74, 6) is -1.11. The third-order valence-corrected chi connectivity index (χ3v) is 1.99. The summed E-state index contributed by atoms with van der Waals surface area (Å²) in [4.78, 5) is 3.96. The molecule has 0 spiro atoms. The Morgan fingerprint density at radius 1 is 1.15 bits per heavy atom. The number of nitrogens with zero attached hydrogens (tertiary/aromatic N) is 1. The number of aryl methyl sites for hydroxylation is 1. The Balaban J connectivity index is 2.94. The minimum absolute atomic E-state index is 0.411. The Hall–Kier alpha value is -1.51. The molecular formula is C10H7F2N. The van der Waals surface area contributed by atoms with Crippen molar-refractivity contribution in [3.05, 3.63) is 41.7 Å². The zero-order valence-corrected chi connectivity index (χ0v) is 7.01. The maximum Gasteiger partial charge on any atom is 0.134 e. The van der Waals surface area contributed by atoms with Crippen LogP contribution in [0.4, 0.5) is 8.78 Å². The van der Waals surface area contributed by atoms with Gasteiger partial charge in [0.15, 0.2) is 0 Å². The second-order valence-corrected chi connectivity index (χ2v) is 2.88. The van der Waals surface area contributed by atoms with Crippen LogP contribution in [0.1, 0.15) is 5.69 Å². The van der Waals surface area contributed by atoms with Crippen LogP contribution in [0.15, 0.2) is 24.4 Å². The average molecular weight is 179 g/mol. The van der Waals surface area contributed by atoms with Gasteiger partial charge in [0, 0.05) is 28.7 Å². The summed E-state index contributed by atoms with van der Waals surface area (Å²) in [5, 5.41) is 0.939. The molecule has 1 nitrogen and oxygen atoms in total. The lowest BCUT2D eigenvalue weighted by Crippen LogP contribution is -1.88. The maximum atomic E-state index is 13.2. The van der Waals surface area contributed by atoms with Crippen molar-refractivity contribution in [1.82, 2.24) is 4.98 Å². The van der Waals surface area contributed by atoms with Gasteiger partial charge in [-0.25, -0.2) is 8.78 Å². The predicted octanol–water partition coefficient (Wildman–Crippen LogP) is 2.82. The van der Waals surface area contributed by atoms with Crippen LogP contribution >= 0.6 is 0 Å². The molecule has 0 aliphatic rings. The quantitative estimate of drug-likeness (QED) is 0.606. The Kier molecular flexibility index (Phi) is 1.72. The molecule has 0 N–H and O–H groups in total. The van der Waals surface area contributed by atoms with Gasteiger partial charge < -0.3 is 0 Å².